The van der Waals surface area contributed by atoms with Crippen LogP contribution >= 0.6 is 23.4 Å². The first kappa shape index (κ1) is 26.2. The van der Waals surface area contributed by atoms with Gasteiger partial charge in [0.25, 0.3) is 0 Å². The molecule has 2 aromatic rings. The minimum atomic E-state index is -0.597. The van der Waals surface area contributed by atoms with Gasteiger partial charge in [0.1, 0.15) is 11.9 Å². The molecule has 2 rings (SSSR count). The Morgan fingerprint density at radius 1 is 1.16 bits per heavy atom. The molecule has 1 unspecified atom stereocenters. The van der Waals surface area contributed by atoms with E-state index in [1.165, 1.54) is 17.8 Å². The van der Waals surface area contributed by atoms with Crippen molar-refractivity contribution >= 4 is 35.2 Å². The van der Waals surface area contributed by atoms with Crippen molar-refractivity contribution in [2.24, 2.45) is 0 Å². The number of halogens is 2. The van der Waals surface area contributed by atoms with Crippen LogP contribution < -0.4 is 5.32 Å². The van der Waals surface area contributed by atoms with E-state index in [0.29, 0.717) is 23.6 Å². The van der Waals surface area contributed by atoms with E-state index >= 15 is 0 Å². The molecule has 32 heavy (non-hydrogen) atoms. The molecule has 0 heterocycles. The Hall–Kier alpha value is -2.05. The number of aryl methyl sites for hydroxylation is 1. The molecule has 2 aromatic carbocycles. The molecule has 174 valence electrons. The van der Waals surface area contributed by atoms with E-state index in [-0.39, 0.29) is 29.1 Å². The third-order valence-electron chi connectivity index (χ3n) is 4.89. The van der Waals surface area contributed by atoms with Crippen molar-refractivity contribution < 1.29 is 14.0 Å². The molecule has 2 amide bonds. The lowest BCUT2D eigenvalue weighted by Crippen LogP contribution is -2.53. The Morgan fingerprint density at radius 2 is 1.81 bits per heavy atom. The molecule has 0 aromatic heterocycles. The molecule has 0 aliphatic rings. The second kappa shape index (κ2) is 11.7. The van der Waals surface area contributed by atoms with E-state index in [9.17, 15) is 14.0 Å². The largest absolute Gasteiger partial charge is 0.350 e. The van der Waals surface area contributed by atoms with Crippen molar-refractivity contribution in [3.8, 4) is 0 Å². The Morgan fingerprint density at radius 3 is 2.38 bits per heavy atom. The number of hydrogen-bond acceptors (Lipinski definition) is 3. The van der Waals surface area contributed by atoms with Gasteiger partial charge in [-0.2, -0.15) is 0 Å². The highest BCUT2D eigenvalue weighted by atomic mass is 35.5. The van der Waals surface area contributed by atoms with Crippen LogP contribution in [0, 0.1) is 12.7 Å². The molecule has 0 saturated heterocycles. The summed E-state index contributed by atoms with van der Waals surface area (Å²) in [6, 6.07) is 11.9. The van der Waals surface area contributed by atoms with Crippen LogP contribution in [0.5, 0.6) is 0 Å². The fourth-order valence-electron chi connectivity index (χ4n) is 3.26. The van der Waals surface area contributed by atoms with Crippen molar-refractivity contribution in [1.29, 1.82) is 0 Å². The summed E-state index contributed by atoms with van der Waals surface area (Å²) in [4.78, 5) is 27.9. The zero-order valence-corrected chi connectivity index (χ0v) is 20.9. The molecule has 0 aliphatic heterocycles. The zero-order chi connectivity index (χ0) is 23.9. The molecular formula is C25H32ClFN2O2S. The molecule has 7 heteroatoms. The number of amides is 2. The Balaban J connectivity index is 2.18. The molecule has 1 N–H and O–H groups in total. The van der Waals surface area contributed by atoms with Crippen LogP contribution in [0.3, 0.4) is 0 Å². The van der Waals surface area contributed by atoms with Crippen molar-refractivity contribution in [3.63, 3.8) is 0 Å². The van der Waals surface area contributed by atoms with E-state index in [1.54, 1.807) is 17.0 Å². The van der Waals surface area contributed by atoms with Gasteiger partial charge in [0, 0.05) is 28.4 Å². The molecule has 0 saturated carbocycles. The number of carbonyl (C=O) groups is 2. The smallest absolute Gasteiger partial charge is 0.243 e. The standard InChI is InChI=1S/C25H32ClFN2O2S/c1-6-22(24(31)28-25(3,4)5)29(14-18-12-10-17(2)11-13-18)23(30)16-32-15-19-20(26)8-7-9-21(19)27/h7-13,22H,6,14-16H2,1-5H3,(H,28,31). The van der Waals surface area contributed by atoms with E-state index in [4.69, 9.17) is 11.6 Å². The van der Waals surface area contributed by atoms with Crippen LogP contribution in [0.1, 0.15) is 50.8 Å². The lowest BCUT2D eigenvalue weighted by Gasteiger charge is -2.33. The molecule has 1 atom stereocenters. The molecule has 4 nitrogen and oxygen atoms in total. The summed E-state index contributed by atoms with van der Waals surface area (Å²) in [5, 5.41) is 3.34. The first-order valence-electron chi connectivity index (χ1n) is 10.7. The number of nitrogens with zero attached hydrogens (tertiary/aromatic N) is 1. The second-order valence-electron chi connectivity index (χ2n) is 8.86. The number of nitrogens with one attached hydrogen (secondary N) is 1. The lowest BCUT2D eigenvalue weighted by molar-refractivity contribution is -0.140. The van der Waals surface area contributed by atoms with Crippen molar-refractivity contribution in [2.45, 2.75) is 64.9 Å². The van der Waals surface area contributed by atoms with Crippen LogP contribution in [0.4, 0.5) is 4.39 Å². The lowest BCUT2D eigenvalue weighted by atomic mass is 10.1. The maximum absolute atomic E-state index is 14.1. The van der Waals surface area contributed by atoms with Gasteiger partial charge in [-0.15, -0.1) is 11.8 Å². The fourth-order valence-corrected chi connectivity index (χ4v) is 4.51. The molecule has 0 aliphatic carbocycles. The number of benzene rings is 2. The predicted molar refractivity (Wildman–Crippen MR) is 131 cm³/mol. The Bertz CT molecular complexity index is 908. The average Bonchev–Trinajstić information content (AvgIpc) is 2.70. The summed E-state index contributed by atoms with van der Waals surface area (Å²) in [5.41, 5.74) is 2.06. The van der Waals surface area contributed by atoms with Gasteiger partial charge >= 0.3 is 0 Å². The van der Waals surface area contributed by atoms with Gasteiger partial charge in [0.15, 0.2) is 0 Å². The predicted octanol–water partition coefficient (Wildman–Crippen LogP) is 5.74. The van der Waals surface area contributed by atoms with Gasteiger partial charge in [-0.25, -0.2) is 4.39 Å². The maximum atomic E-state index is 14.1. The molecule has 0 radical (unpaired) electrons. The minimum Gasteiger partial charge on any atom is -0.350 e. The Labute approximate surface area is 199 Å². The molecule has 0 spiro atoms. The van der Waals surface area contributed by atoms with Crippen LogP contribution in [-0.2, 0) is 21.9 Å². The number of thioether (sulfide) groups is 1. The highest BCUT2D eigenvalue weighted by Gasteiger charge is 2.30. The summed E-state index contributed by atoms with van der Waals surface area (Å²) in [6.45, 7) is 9.97. The van der Waals surface area contributed by atoms with Gasteiger partial charge in [-0.3, -0.25) is 9.59 Å². The normalized spacial score (nSPS) is 12.3. The van der Waals surface area contributed by atoms with Crippen LogP contribution in [0.25, 0.3) is 0 Å². The van der Waals surface area contributed by atoms with Crippen molar-refractivity contribution in [3.05, 3.63) is 70.0 Å². The first-order chi connectivity index (χ1) is 15.0. The molecular weight excluding hydrogens is 447 g/mol. The van der Waals surface area contributed by atoms with Crippen LogP contribution in [0.2, 0.25) is 5.02 Å². The maximum Gasteiger partial charge on any atom is 0.243 e. The third-order valence-corrected chi connectivity index (χ3v) is 6.19. The van der Waals surface area contributed by atoms with Crippen molar-refractivity contribution in [2.75, 3.05) is 5.75 Å². The quantitative estimate of drug-likeness (QED) is 0.499. The number of hydrogen-bond donors (Lipinski definition) is 1. The van der Waals surface area contributed by atoms with Gasteiger partial charge in [0.05, 0.1) is 5.75 Å². The van der Waals surface area contributed by atoms with E-state index in [0.717, 1.165) is 11.1 Å². The first-order valence-corrected chi connectivity index (χ1v) is 12.2. The molecule has 0 fully saturated rings. The summed E-state index contributed by atoms with van der Waals surface area (Å²) in [7, 11) is 0. The average molecular weight is 479 g/mol. The highest BCUT2D eigenvalue weighted by molar-refractivity contribution is 7.99. The fraction of sp³-hybridized carbons (Fsp3) is 0.440. The Kier molecular flexibility index (Phi) is 9.59. The van der Waals surface area contributed by atoms with E-state index in [2.05, 4.69) is 5.32 Å². The summed E-state index contributed by atoms with van der Waals surface area (Å²) >= 11 is 7.39. The van der Waals surface area contributed by atoms with Gasteiger partial charge in [-0.05, 0) is 51.8 Å². The zero-order valence-electron chi connectivity index (χ0n) is 19.4. The summed E-state index contributed by atoms with van der Waals surface area (Å²) < 4.78 is 14.1. The second-order valence-corrected chi connectivity index (χ2v) is 10.3. The third kappa shape index (κ3) is 7.82. The van der Waals surface area contributed by atoms with Gasteiger partial charge < -0.3 is 10.2 Å². The van der Waals surface area contributed by atoms with E-state index in [1.807, 2.05) is 58.9 Å². The summed E-state index contributed by atoms with van der Waals surface area (Å²) in [6.07, 6.45) is 0.489. The van der Waals surface area contributed by atoms with Gasteiger partial charge in [-0.1, -0.05) is 54.4 Å². The van der Waals surface area contributed by atoms with Crippen LogP contribution in [0.15, 0.2) is 42.5 Å². The highest BCUT2D eigenvalue weighted by Crippen LogP contribution is 2.25. The summed E-state index contributed by atoms with van der Waals surface area (Å²) in [5.74, 6) is -0.331. The monoisotopic (exact) mass is 478 g/mol. The topological polar surface area (TPSA) is 49.4 Å². The van der Waals surface area contributed by atoms with Crippen molar-refractivity contribution in [1.82, 2.24) is 10.2 Å². The minimum absolute atomic E-state index is 0.121. The molecule has 0 bridgehead atoms. The number of rotatable bonds is 9. The SMILES string of the molecule is CCC(C(=O)NC(C)(C)C)N(Cc1ccc(C)cc1)C(=O)CSCc1c(F)cccc1Cl. The number of carbonyl (C=O) groups excluding carboxylic acids is 2. The van der Waals surface area contributed by atoms with Gasteiger partial charge in [0.2, 0.25) is 11.8 Å². The van der Waals surface area contributed by atoms with Crippen LogP contribution in [-0.4, -0.2) is 34.0 Å². The van der Waals surface area contributed by atoms with E-state index < -0.39 is 11.6 Å².